The molecule has 1 fully saturated rings. The second-order valence-corrected chi connectivity index (χ2v) is 9.02. The Hall–Kier alpha value is -3.17. The maximum atomic E-state index is 13.0. The zero-order valence-electron chi connectivity index (χ0n) is 18.6. The van der Waals surface area contributed by atoms with Crippen LogP contribution >= 0.6 is 0 Å². The second kappa shape index (κ2) is 8.76. The number of benzene rings is 1. The number of rotatable bonds is 4. The van der Waals surface area contributed by atoms with Crippen molar-refractivity contribution in [2.75, 3.05) is 19.7 Å². The van der Waals surface area contributed by atoms with E-state index >= 15 is 0 Å². The van der Waals surface area contributed by atoms with Crippen molar-refractivity contribution in [1.29, 1.82) is 0 Å². The van der Waals surface area contributed by atoms with Crippen molar-refractivity contribution in [3.05, 3.63) is 41.7 Å². The van der Waals surface area contributed by atoms with Gasteiger partial charge in [0.05, 0.1) is 12.6 Å². The smallest absolute Gasteiger partial charge is 0.410 e. The molecule has 1 atom stereocenters. The molecule has 2 amide bonds. The number of carbonyl (C=O) groups excluding carboxylic acids is 2. The third-order valence-electron chi connectivity index (χ3n) is 5.48. The Morgan fingerprint density at radius 2 is 1.88 bits per heavy atom. The molecule has 0 saturated carbocycles. The zero-order chi connectivity index (χ0) is 22.9. The Morgan fingerprint density at radius 3 is 2.59 bits per heavy atom. The molecule has 2 aliphatic rings. The SMILES string of the molecule is CC(C)(C)OC(=O)N1CCn2c(nnc2C2CCCN2C(=O)COc2ccc(F)cc2)C1. The van der Waals surface area contributed by atoms with Gasteiger partial charge in [-0.1, -0.05) is 0 Å². The molecule has 3 heterocycles. The highest BCUT2D eigenvalue weighted by Gasteiger charge is 2.36. The molecular weight excluding hydrogens is 417 g/mol. The van der Waals surface area contributed by atoms with Crippen molar-refractivity contribution in [3.8, 4) is 5.75 Å². The van der Waals surface area contributed by atoms with Crippen LogP contribution in [-0.2, 0) is 22.6 Å². The molecular formula is C22H28FN5O4. The van der Waals surface area contributed by atoms with Crippen LogP contribution in [0.3, 0.4) is 0 Å². The van der Waals surface area contributed by atoms with E-state index in [9.17, 15) is 14.0 Å². The summed E-state index contributed by atoms with van der Waals surface area (Å²) in [5.74, 6) is 1.35. The quantitative estimate of drug-likeness (QED) is 0.719. The van der Waals surface area contributed by atoms with Gasteiger partial charge >= 0.3 is 6.09 Å². The summed E-state index contributed by atoms with van der Waals surface area (Å²) in [6.07, 6.45) is 1.28. The summed E-state index contributed by atoms with van der Waals surface area (Å²) in [5.41, 5.74) is -0.561. The third-order valence-corrected chi connectivity index (χ3v) is 5.48. The molecule has 172 valence electrons. The highest BCUT2D eigenvalue weighted by Crippen LogP contribution is 2.32. The Labute approximate surface area is 186 Å². The molecule has 2 aromatic rings. The molecule has 1 unspecified atom stereocenters. The molecule has 1 aromatic heterocycles. The van der Waals surface area contributed by atoms with E-state index in [2.05, 4.69) is 10.2 Å². The van der Waals surface area contributed by atoms with Gasteiger partial charge in [0.15, 0.2) is 18.3 Å². The first-order chi connectivity index (χ1) is 15.2. The van der Waals surface area contributed by atoms with E-state index in [-0.39, 0.29) is 30.5 Å². The Morgan fingerprint density at radius 1 is 1.12 bits per heavy atom. The number of hydrogen-bond donors (Lipinski definition) is 0. The molecule has 32 heavy (non-hydrogen) atoms. The van der Waals surface area contributed by atoms with E-state index in [0.717, 1.165) is 18.7 Å². The Kier molecular flexibility index (Phi) is 6.03. The first-order valence-electron chi connectivity index (χ1n) is 10.8. The molecule has 1 saturated heterocycles. The van der Waals surface area contributed by atoms with Gasteiger partial charge in [-0.15, -0.1) is 10.2 Å². The lowest BCUT2D eigenvalue weighted by Gasteiger charge is -2.31. The van der Waals surface area contributed by atoms with Gasteiger partial charge in [-0.3, -0.25) is 9.69 Å². The van der Waals surface area contributed by atoms with Crippen LogP contribution in [0.5, 0.6) is 5.75 Å². The minimum Gasteiger partial charge on any atom is -0.484 e. The first-order valence-corrected chi connectivity index (χ1v) is 10.8. The van der Waals surface area contributed by atoms with Crippen LogP contribution in [0.4, 0.5) is 9.18 Å². The standard InChI is InChI=1S/C22H28FN5O4/c1-22(2,3)32-21(30)26-11-12-28-18(13-26)24-25-20(28)17-5-4-10-27(17)19(29)14-31-16-8-6-15(23)7-9-16/h6-9,17H,4-5,10-14H2,1-3H3. The summed E-state index contributed by atoms with van der Waals surface area (Å²) in [6.45, 7) is 7.33. The van der Waals surface area contributed by atoms with Crippen LogP contribution in [-0.4, -0.2) is 61.9 Å². The lowest BCUT2D eigenvalue weighted by molar-refractivity contribution is -0.134. The van der Waals surface area contributed by atoms with Crippen molar-refractivity contribution in [2.24, 2.45) is 0 Å². The average Bonchev–Trinajstić information content (AvgIpc) is 3.38. The number of hydrogen-bond acceptors (Lipinski definition) is 6. The van der Waals surface area contributed by atoms with E-state index in [1.54, 1.807) is 9.80 Å². The van der Waals surface area contributed by atoms with Gasteiger partial charge in [0.2, 0.25) is 0 Å². The minimum absolute atomic E-state index is 0.129. The van der Waals surface area contributed by atoms with Gasteiger partial charge in [0.25, 0.3) is 5.91 Å². The fourth-order valence-electron chi connectivity index (χ4n) is 4.00. The van der Waals surface area contributed by atoms with E-state index in [4.69, 9.17) is 9.47 Å². The fourth-order valence-corrected chi connectivity index (χ4v) is 4.00. The van der Waals surface area contributed by atoms with Crippen LogP contribution in [0.25, 0.3) is 0 Å². The topological polar surface area (TPSA) is 89.8 Å². The molecule has 2 aliphatic heterocycles. The van der Waals surface area contributed by atoms with Gasteiger partial charge in [-0.2, -0.15) is 0 Å². The average molecular weight is 445 g/mol. The largest absolute Gasteiger partial charge is 0.484 e. The Bertz CT molecular complexity index is 985. The predicted molar refractivity (Wildman–Crippen MR) is 112 cm³/mol. The molecule has 9 nitrogen and oxygen atoms in total. The normalized spacial score (nSPS) is 18.4. The van der Waals surface area contributed by atoms with Gasteiger partial charge in [-0.05, 0) is 57.9 Å². The van der Waals surface area contributed by atoms with E-state index in [1.807, 2.05) is 25.3 Å². The summed E-state index contributed by atoms with van der Waals surface area (Å²) in [5, 5.41) is 8.65. The predicted octanol–water partition coefficient (Wildman–Crippen LogP) is 2.91. The summed E-state index contributed by atoms with van der Waals surface area (Å²) in [4.78, 5) is 28.6. The summed E-state index contributed by atoms with van der Waals surface area (Å²) in [7, 11) is 0. The Balaban J connectivity index is 1.41. The molecule has 0 N–H and O–H groups in total. The van der Waals surface area contributed by atoms with Gasteiger partial charge in [0, 0.05) is 19.6 Å². The minimum atomic E-state index is -0.561. The number of nitrogens with zero attached hydrogens (tertiary/aromatic N) is 5. The van der Waals surface area contributed by atoms with Gasteiger partial charge < -0.3 is 18.9 Å². The van der Waals surface area contributed by atoms with Gasteiger partial charge in [0.1, 0.15) is 17.2 Å². The summed E-state index contributed by atoms with van der Waals surface area (Å²) >= 11 is 0. The number of ether oxygens (including phenoxy) is 2. The van der Waals surface area contributed by atoms with Crippen LogP contribution < -0.4 is 4.74 Å². The van der Waals surface area contributed by atoms with Crippen LogP contribution in [0.1, 0.15) is 51.3 Å². The number of aromatic nitrogens is 3. The number of fused-ring (bicyclic) bond motifs is 1. The fraction of sp³-hybridized carbons (Fsp3) is 0.545. The lowest BCUT2D eigenvalue weighted by atomic mass is 10.2. The zero-order valence-corrected chi connectivity index (χ0v) is 18.6. The second-order valence-electron chi connectivity index (χ2n) is 9.02. The van der Waals surface area contributed by atoms with Crippen molar-refractivity contribution in [3.63, 3.8) is 0 Å². The third kappa shape index (κ3) is 4.84. The van der Waals surface area contributed by atoms with E-state index < -0.39 is 5.60 Å². The van der Waals surface area contributed by atoms with Crippen LogP contribution in [0.2, 0.25) is 0 Å². The van der Waals surface area contributed by atoms with Crippen molar-refractivity contribution >= 4 is 12.0 Å². The van der Waals surface area contributed by atoms with Crippen LogP contribution in [0, 0.1) is 5.82 Å². The maximum Gasteiger partial charge on any atom is 0.410 e. The lowest BCUT2D eigenvalue weighted by Crippen LogP contribution is -2.42. The summed E-state index contributed by atoms with van der Waals surface area (Å²) in [6, 6.07) is 5.39. The van der Waals surface area contributed by atoms with Crippen molar-refractivity contribution in [1.82, 2.24) is 24.6 Å². The molecule has 4 rings (SSSR count). The molecule has 0 bridgehead atoms. The monoisotopic (exact) mass is 445 g/mol. The maximum absolute atomic E-state index is 13.0. The van der Waals surface area contributed by atoms with Crippen LogP contribution in [0.15, 0.2) is 24.3 Å². The molecule has 10 heteroatoms. The molecule has 1 aromatic carbocycles. The van der Waals surface area contributed by atoms with Crippen molar-refractivity contribution in [2.45, 2.75) is 58.3 Å². The summed E-state index contributed by atoms with van der Waals surface area (Å²) < 4.78 is 26.0. The highest BCUT2D eigenvalue weighted by atomic mass is 19.1. The first kappa shape index (κ1) is 22.0. The number of amides is 2. The molecule has 0 radical (unpaired) electrons. The number of likely N-dealkylation sites (tertiary alicyclic amines) is 1. The van der Waals surface area contributed by atoms with E-state index in [0.29, 0.717) is 37.8 Å². The molecule has 0 aliphatic carbocycles. The van der Waals surface area contributed by atoms with Gasteiger partial charge in [-0.25, -0.2) is 9.18 Å². The molecule has 0 spiro atoms. The highest BCUT2D eigenvalue weighted by molar-refractivity contribution is 5.78. The number of halogens is 1. The van der Waals surface area contributed by atoms with Crippen molar-refractivity contribution < 1.29 is 23.5 Å². The van der Waals surface area contributed by atoms with E-state index in [1.165, 1.54) is 24.3 Å². The number of carbonyl (C=O) groups is 2.